The van der Waals surface area contributed by atoms with Crippen LogP contribution in [0, 0.1) is 10.8 Å². The second kappa shape index (κ2) is 10.3. The number of likely N-dealkylation sites (tertiary alicyclic amines) is 2. The Morgan fingerprint density at radius 2 is 1.41 bits per heavy atom. The van der Waals surface area contributed by atoms with E-state index in [-0.39, 0.29) is 26.2 Å². The molecule has 2 aliphatic heterocycles. The summed E-state index contributed by atoms with van der Waals surface area (Å²) < 4.78 is 15.6. The minimum absolute atomic E-state index is 0.158. The molecule has 0 aliphatic carbocycles. The Hall–Kier alpha value is -3.70. The van der Waals surface area contributed by atoms with E-state index in [4.69, 9.17) is 14.2 Å². The second-order valence-electron chi connectivity index (χ2n) is 9.18. The smallest absolute Gasteiger partial charge is 0.322 e. The van der Waals surface area contributed by atoms with Crippen LogP contribution in [0.3, 0.4) is 0 Å². The van der Waals surface area contributed by atoms with Crippen molar-refractivity contribution in [3.8, 4) is 0 Å². The maximum absolute atomic E-state index is 14.7. The number of ketones is 1. The van der Waals surface area contributed by atoms with Crippen LogP contribution >= 0.6 is 0 Å². The van der Waals surface area contributed by atoms with Gasteiger partial charge >= 0.3 is 17.9 Å². The quantitative estimate of drug-likeness (QED) is 0.300. The number of fused-ring (bicyclic) bond motifs is 2. The average Bonchev–Trinajstić information content (AvgIpc) is 2.90. The van der Waals surface area contributed by atoms with Crippen molar-refractivity contribution in [2.24, 2.45) is 10.8 Å². The number of ether oxygens (including phenoxy) is 3. The molecule has 0 amide bonds. The number of carbonyl (C=O) groups excluding carboxylic acids is 4. The fourth-order valence-electron chi connectivity index (χ4n) is 5.97. The van der Waals surface area contributed by atoms with Gasteiger partial charge in [0.1, 0.15) is 0 Å². The molecule has 0 N–H and O–H groups in total. The van der Waals surface area contributed by atoms with Crippen LogP contribution in [0.5, 0.6) is 0 Å². The number of methoxy groups -OCH3 is 2. The molecule has 196 valence electrons. The first kappa shape index (κ1) is 26.4. The van der Waals surface area contributed by atoms with Gasteiger partial charge in [0, 0.05) is 25.5 Å². The predicted octanol–water partition coefficient (Wildman–Crippen LogP) is 0.971. The van der Waals surface area contributed by atoms with Gasteiger partial charge in [-0.15, -0.1) is 0 Å². The topological polar surface area (TPSA) is 128 Å². The number of Topliss-reactive ketones (excluding diaryl/α,β-unsaturated/α-hetero) is 1. The van der Waals surface area contributed by atoms with E-state index in [1.165, 1.54) is 14.2 Å². The maximum Gasteiger partial charge on any atom is 0.322 e. The van der Waals surface area contributed by atoms with Gasteiger partial charge in [-0.25, -0.2) is 0 Å². The van der Waals surface area contributed by atoms with E-state index in [0.717, 1.165) is 0 Å². The first-order chi connectivity index (χ1) is 17.8. The summed E-state index contributed by atoms with van der Waals surface area (Å²) in [4.78, 5) is 66.9. The summed E-state index contributed by atoms with van der Waals surface area (Å²) in [5.74, 6) is -2.86. The molecule has 0 aromatic carbocycles. The lowest BCUT2D eigenvalue weighted by Crippen LogP contribution is -2.75. The lowest BCUT2D eigenvalue weighted by molar-refractivity contribution is -0.205. The van der Waals surface area contributed by atoms with Gasteiger partial charge in [-0.3, -0.25) is 38.9 Å². The minimum Gasteiger partial charge on any atom is -0.468 e. The average molecular weight is 511 g/mol. The van der Waals surface area contributed by atoms with Gasteiger partial charge in [-0.1, -0.05) is 12.1 Å². The molecule has 0 spiro atoms. The minimum atomic E-state index is -1.90. The first-order valence-electron chi connectivity index (χ1n) is 11.9. The Morgan fingerprint density at radius 3 is 1.78 bits per heavy atom. The van der Waals surface area contributed by atoms with Gasteiger partial charge in [-0.2, -0.15) is 0 Å². The second-order valence-corrected chi connectivity index (χ2v) is 9.18. The number of hydrogen-bond donors (Lipinski definition) is 0. The van der Waals surface area contributed by atoms with Crippen molar-refractivity contribution in [1.82, 2.24) is 19.8 Å². The molecule has 2 fully saturated rings. The van der Waals surface area contributed by atoms with E-state index in [9.17, 15) is 19.2 Å². The molecule has 0 radical (unpaired) electrons. The summed E-state index contributed by atoms with van der Waals surface area (Å²) in [6, 6.07) is 8.50. The number of piperidine rings is 2. The fraction of sp³-hybridized carbons (Fsp3) is 0.462. The van der Waals surface area contributed by atoms with Crippen LogP contribution in [0.25, 0.3) is 0 Å². The standard InChI is InChI=1S/C26H30N4O7/c1-5-37-19(31)14-30-15-25(23(33)35-3)20(17-10-6-8-12-27-17)29(2)21(18-11-7-9-13-28-18)26(16-30,22(25)32)24(34)36-4/h6-13,20-21H,5,14-16H2,1-4H3/t20-,21+,25-,26+. The Labute approximate surface area is 214 Å². The molecule has 4 heterocycles. The third kappa shape index (κ3) is 4.08. The molecule has 4 atom stereocenters. The SMILES string of the molecule is CCOC(=O)CN1C[C@@]2(C(=O)OC)C(=O)[C@@](C(=O)OC)(C1)[C@@H](c1ccccn1)N(C)[C@H]2c1ccccn1. The summed E-state index contributed by atoms with van der Waals surface area (Å²) in [5, 5.41) is 0. The van der Waals surface area contributed by atoms with Crippen molar-refractivity contribution in [2.75, 3.05) is 47.5 Å². The summed E-state index contributed by atoms with van der Waals surface area (Å²) in [7, 11) is 4.10. The molecule has 2 saturated heterocycles. The molecule has 4 rings (SSSR count). The molecule has 2 bridgehead atoms. The van der Waals surface area contributed by atoms with E-state index in [2.05, 4.69) is 9.97 Å². The Balaban J connectivity index is 2.03. The Kier molecular flexibility index (Phi) is 7.37. The third-order valence-electron chi connectivity index (χ3n) is 7.20. The van der Waals surface area contributed by atoms with Crippen LogP contribution in [-0.2, 0) is 33.4 Å². The zero-order valence-corrected chi connectivity index (χ0v) is 21.2. The van der Waals surface area contributed by atoms with E-state index < -0.39 is 46.6 Å². The highest BCUT2D eigenvalue weighted by molar-refractivity contribution is 6.17. The third-order valence-corrected chi connectivity index (χ3v) is 7.20. The number of rotatable bonds is 7. The molecule has 0 unspecified atom stereocenters. The molecular weight excluding hydrogens is 480 g/mol. The molecule has 2 aromatic heterocycles. The molecular formula is C26H30N4O7. The van der Waals surface area contributed by atoms with Gasteiger partial charge in [0.05, 0.1) is 50.8 Å². The summed E-state index contributed by atoms with van der Waals surface area (Å²) >= 11 is 0. The molecule has 37 heavy (non-hydrogen) atoms. The van der Waals surface area contributed by atoms with E-state index in [0.29, 0.717) is 11.4 Å². The number of aromatic nitrogens is 2. The van der Waals surface area contributed by atoms with Crippen LogP contribution in [-0.4, -0.2) is 91.0 Å². The van der Waals surface area contributed by atoms with Crippen LogP contribution in [0.4, 0.5) is 0 Å². The fourth-order valence-corrected chi connectivity index (χ4v) is 5.97. The molecule has 2 aromatic rings. The van der Waals surface area contributed by atoms with Crippen molar-refractivity contribution in [3.63, 3.8) is 0 Å². The van der Waals surface area contributed by atoms with Crippen molar-refractivity contribution in [3.05, 3.63) is 60.2 Å². The maximum atomic E-state index is 14.7. The molecule has 11 heteroatoms. The van der Waals surface area contributed by atoms with E-state index in [1.54, 1.807) is 72.6 Å². The van der Waals surface area contributed by atoms with Crippen molar-refractivity contribution >= 4 is 23.7 Å². The predicted molar refractivity (Wildman–Crippen MR) is 129 cm³/mol. The van der Waals surface area contributed by atoms with Gasteiger partial charge in [0.25, 0.3) is 0 Å². The highest BCUT2D eigenvalue weighted by Crippen LogP contribution is 2.60. The lowest BCUT2D eigenvalue weighted by Gasteiger charge is -2.60. The monoisotopic (exact) mass is 510 g/mol. The number of esters is 3. The number of hydrogen-bond acceptors (Lipinski definition) is 11. The normalized spacial score (nSPS) is 27.8. The zero-order chi connectivity index (χ0) is 26.8. The van der Waals surface area contributed by atoms with Gasteiger partial charge in [0.2, 0.25) is 0 Å². The van der Waals surface area contributed by atoms with Crippen molar-refractivity contribution < 1.29 is 33.4 Å². The van der Waals surface area contributed by atoms with Gasteiger partial charge in [-0.05, 0) is 38.2 Å². The summed E-state index contributed by atoms with van der Waals surface area (Å²) in [6.45, 7) is 1.23. The number of carbonyl (C=O) groups is 4. The van der Waals surface area contributed by atoms with Crippen LogP contribution in [0.15, 0.2) is 48.8 Å². The highest BCUT2D eigenvalue weighted by Gasteiger charge is 2.75. The number of pyridine rings is 2. The lowest BCUT2D eigenvalue weighted by atomic mass is 9.54. The largest absolute Gasteiger partial charge is 0.468 e. The van der Waals surface area contributed by atoms with Crippen LogP contribution in [0.2, 0.25) is 0 Å². The zero-order valence-electron chi connectivity index (χ0n) is 21.2. The molecule has 11 nitrogen and oxygen atoms in total. The van der Waals surface area contributed by atoms with Crippen molar-refractivity contribution in [2.45, 2.75) is 19.0 Å². The van der Waals surface area contributed by atoms with Crippen LogP contribution in [0.1, 0.15) is 30.4 Å². The van der Waals surface area contributed by atoms with E-state index in [1.807, 2.05) is 0 Å². The van der Waals surface area contributed by atoms with Crippen molar-refractivity contribution in [1.29, 1.82) is 0 Å². The Morgan fingerprint density at radius 1 is 0.919 bits per heavy atom. The van der Waals surface area contributed by atoms with Gasteiger partial charge < -0.3 is 14.2 Å². The van der Waals surface area contributed by atoms with Crippen LogP contribution < -0.4 is 0 Å². The van der Waals surface area contributed by atoms with Gasteiger partial charge in [0.15, 0.2) is 16.6 Å². The Bertz CT molecular complexity index is 1100. The molecule has 0 saturated carbocycles. The summed E-state index contributed by atoms with van der Waals surface area (Å²) in [6.07, 6.45) is 3.13. The first-order valence-corrected chi connectivity index (χ1v) is 11.9. The highest BCUT2D eigenvalue weighted by atomic mass is 16.5. The molecule has 2 aliphatic rings. The summed E-state index contributed by atoms with van der Waals surface area (Å²) in [5.41, 5.74) is -2.94. The van der Waals surface area contributed by atoms with E-state index >= 15 is 0 Å². The number of nitrogens with zero attached hydrogens (tertiary/aromatic N) is 4.